The van der Waals surface area contributed by atoms with Crippen molar-refractivity contribution in [1.82, 2.24) is 4.90 Å². The Morgan fingerprint density at radius 1 is 1.10 bits per heavy atom. The number of methoxy groups -OCH3 is 2. The predicted octanol–water partition coefficient (Wildman–Crippen LogP) is 3.36. The van der Waals surface area contributed by atoms with E-state index in [-0.39, 0.29) is 25.6 Å². The molecular formula is C29H40N2O8. The molecule has 2 aliphatic rings. The molecule has 214 valence electrons. The molecule has 4 atom stereocenters. The average molecular weight is 545 g/mol. The van der Waals surface area contributed by atoms with Gasteiger partial charge in [-0.3, -0.25) is 0 Å². The third-order valence-corrected chi connectivity index (χ3v) is 7.15. The van der Waals surface area contributed by atoms with E-state index < -0.39 is 24.4 Å². The van der Waals surface area contributed by atoms with Crippen LogP contribution in [-0.2, 0) is 20.8 Å². The van der Waals surface area contributed by atoms with Crippen molar-refractivity contribution in [3.63, 3.8) is 0 Å². The van der Waals surface area contributed by atoms with Gasteiger partial charge in [-0.1, -0.05) is 18.2 Å². The first-order valence-corrected chi connectivity index (χ1v) is 13.4. The van der Waals surface area contributed by atoms with Gasteiger partial charge < -0.3 is 43.7 Å². The minimum absolute atomic E-state index is 0.0984. The number of hydrogen-bond acceptors (Lipinski definition) is 8. The van der Waals surface area contributed by atoms with E-state index in [9.17, 15) is 15.0 Å². The molecule has 0 saturated carbocycles. The van der Waals surface area contributed by atoms with E-state index in [1.165, 1.54) is 4.90 Å². The summed E-state index contributed by atoms with van der Waals surface area (Å²) < 4.78 is 29.0. The van der Waals surface area contributed by atoms with Crippen molar-refractivity contribution in [2.75, 3.05) is 65.1 Å². The van der Waals surface area contributed by atoms with Crippen LogP contribution >= 0.6 is 0 Å². The van der Waals surface area contributed by atoms with Crippen molar-refractivity contribution in [2.24, 2.45) is 0 Å². The third-order valence-electron chi connectivity index (χ3n) is 7.15. The summed E-state index contributed by atoms with van der Waals surface area (Å²) in [7, 11) is 3.32. The third kappa shape index (κ3) is 7.54. The Labute approximate surface area is 230 Å². The van der Waals surface area contributed by atoms with E-state index in [2.05, 4.69) is 11.0 Å². The molecule has 2 aliphatic heterocycles. The van der Waals surface area contributed by atoms with Crippen LogP contribution in [0.5, 0.6) is 11.5 Å². The SMILES string of the molecule is COCCCN1CCOc2ccc(CO[C@H]3CN(C(=O)O)C[C@@H](OC[C@@H](C)O)[C@@H]3c3ccc(OC)cc3)cc21. The van der Waals surface area contributed by atoms with Gasteiger partial charge in [-0.25, -0.2) is 4.79 Å². The van der Waals surface area contributed by atoms with E-state index in [4.69, 9.17) is 23.7 Å². The van der Waals surface area contributed by atoms with Gasteiger partial charge in [-0.15, -0.1) is 0 Å². The van der Waals surface area contributed by atoms with Gasteiger partial charge in [-0.2, -0.15) is 0 Å². The largest absolute Gasteiger partial charge is 0.497 e. The van der Waals surface area contributed by atoms with E-state index in [1.54, 1.807) is 21.1 Å². The highest BCUT2D eigenvalue weighted by molar-refractivity contribution is 5.65. The van der Waals surface area contributed by atoms with Crippen molar-refractivity contribution in [3.8, 4) is 11.5 Å². The van der Waals surface area contributed by atoms with Crippen LogP contribution in [0.1, 0.15) is 30.4 Å². The highest BCUT2D eigenvalue weighted by Crippen LogP contribution is 2.36. The fourth-order valence-corrected chi connectivity index (χ4v) is 5.21. The molecule has 1 saturated heterocycles. The summed E-state index contributed by atoms with van der Waals surface area (Å²) in [4.78, 5) is 15.6. The number of amides is 1. The summed E-state index contributed by atoms with van der Waals surface area (Å²) >= 11 is 0. The van der Waals surface area contributed by atoms with Crippen LogP contribution in [0.25, 0.3) is 0 Å². The summed E-state index contributed by atoms with van der Waals surface area (Å²) in [6, 6.07) is 13.7. The topological polar surface area (TPSA) is 110 Å². The molecule has 0 radical (unpaired) electrons. The molecule has 39 heavy (non-hydrogen) atoms. The Morgan fingerprint density at radius 3 is 2.51 bits per heavy atom. The Balaban J connectivity index is 1.56. The number of carboxylic acid groups (broad SMARTS) is 1. The normalized spacial score (nSPS) is 21.7. The van der Waals surface area contributed by atoms with Gasteiger partial charge in [-0.05, 0) is 48.7 Å². The molecule has 10 heteroatoms. The molecule has 0 aromatic heterocycles. The van der Waals surface area contributed by atoms with Crippen molar-refractivity contribution in [3.05, 3.63) is 53.6 Å². The molecule has 1 fully saturated rings. The quantitative estimate of drug-likeness (QED) is 0.389. The van der Waals surface area contributed by atoms with Gasteiger partial charge in [0.2, 0.25) is 0 Å². The van der Waals surface area contributed by atoms with E-state index in [0.29, 0.717) is 19.8 Å². The zero-order valence-electron chi connectivity index (χ0n) is 23.0. The number of aliphatic hydroxyl groups excluding tert-OH is 1. The first-order valence-electron chi connectivity index (χ1n) is 13.4. The fraction of sp³-hybridized carbons (Fsp3) is 0.552. The van der Waals surface area contributed by atoms with E-state index in [1.807, 2.05) is 36.4 Å². The molecular weight excluding hydrogens is 504 g/mol. The van der Waals surface area contributed by atoms with Gasteiger partial charge in [0, 0.05) is 26.2 Å². The Hall–Kier alpha value is -3.05. The van der Waals surface area contributed by atoms with Crippen LogP contribution < -0.4 is 14.4 Å². The number of likely N-dealkylation sites (tertiary alicyclic amines) is 1. The van der Waals surface area contributed by atoms with Crippen molar-refractivity contribution >= 4 is 11.8 Å². The second-order valence-electron chi connectivity index (χ2n) is 10.0. The smallest absolute Gasteiger partial charge is 0.407 e. The second kappa shape index (κ2) is 13.8. The molecule has 0 aliphatic carbocycles. The van der Waals surface area contributed by atoms with Crippen LogP contribution in [0, 0.1) is 0 Å². The van der Waals surface area contributed by atoms with Crippen LogP contribution in [0.3, 0.4) is 0 Å². The predicted molar refractivity (Wildman–Crippen MR) is 146 cm³/mol. The number of hydrogen-bond donors (Lipinski definition) is 2. The lowest BCUT2D eigenvalue weighted by Gasteiger charge is -2.42. The number of aliphatic hydroxyl groups is 1. The molecule has 0 spiro atoms. The molecule has 10 nitrogen and oxygen atoms in total. The maximum Gasteiger partial charge on any atom is 0.407 e. The molecule has 4 rings (SSSR count). The molecule has 2 aromatic rings. The number of nitrogens with zero attached hydrogens (tertiary/aromatic N) is 2. The number of ether oxygens (including phenoxy) is 5. The number of anilines is 1. The Morgan fingerprint density at radius 2 is 1.85 bits per heavy atom. The monoisotopic (exact) mass is 544 g/mol. The minimum atomic E-state index is -1.03. The standard InChI is InChI=1S/C29H40N2O8/c1-20(32)18-38-26-16-31(29(33)34)17-27(28(26)22-6-8-23(36-3)9-7-22)39-19-21-5-10-25-24(15-21)30(12-14-37-25)11-4-13-35-2/h5-10,15,20,26-28,32H,4,11-14,16-19H2,1-3H3,(H,33,34)/t20-,26-,27+,28+/m1/s1. The van der Waals surface area contributed by atoms with Crippen molar-refractivity contribution in [2.45, 2.75) is 44.2 Å². The van der Waals surface area contributed by atoms with Gasteiger partial charge in [0.1, 0.15) is 18.1 Å². The average Bonchev–Trinajstić information content (AvgIpc) is 2.94. The van der Waals surface area contributed by atoms with Crippen molar-refractivity contribution < 1.29 is 38.7 Å². The summed E-state index contributed by atoms with van der Waals surface area (Å²) in [5.74, 6) is 1.34. The zero-order chi connectivity index (χ0) is 27.8. The molecule has 1 amide bonds. The zero-order valence-corrected chi connectivity index (χ0v) is 23.0. The number of piperidine rings is 1. The molecule has 0 bridgehead atoms. The number of fused-ring (bicyclic) bond motifs is 1. The minimum Gasteiger partial charge on any atom is -0.497 e. The highest BCUT2D eigenvalue weighted by Gasteiger charge is 2.41. The summed E-state index contributed by atoms with van der Waals surface area (Å²) in [5, 5.41) is 19.7. The maximum atomic E-state index is 12.0. The number of benzene rings is 2. The molecule has 2 aromatic carbocycles. The first kappa shape index (κ1) is 28.9. The highest BCUT2D eigenvalue weighted by atomic mass is 16.5. The van der Waals surface area contributed by atoms with Crippen LogP contribution in [0.2, 0.25) is 0 Å². The number of rotatable bonds is 12. The van der Waals surface area contributed by atoms with Crippen LogP contribution in [-0.4, -0.2) is 99.7 Å². The fourth-order valence-electron chi connectivity index (χ4n) is 5.21. The summed E-state index contributed by atoms with van der Waals surface area (Å²) in [6.07, 6.45) is -1.74. The summed E-state index contributed by atoms with van der Waals surface area (Å²) in [5.41, 5.74) is 2.96. The van der Waals surface area contributed by atoms with Gasteiger partial charge in [0.15, 0.2) is 0 Å². The lowest BCUT2D eigenvalue weighted by molar-refractivity contribution is -0.101. The Bertz CT molecular complexity index is 1060. The van der Waals surface area contributed by atoms with E-state index >= 15 is 0 Å². The molecule has 2 heterocycles. The van der Waals surface area contributed by atoms with Gasteiger partial charge in [0.25, 0.3) is 0 Å². The Kier molecular flexibility index (Phi) is 10.3. The first-order chi connectivity index (χ1) is 18.9. The lowest BCUT2D eigenvalue weighted by Crippen LogP contribution is -2.54. The van der Waals surface area contributed by atoms with Gasteiger partial charge in [0.05, 0.1) is 64.0 Å². The van der Waals surface area contributed by atoms with Gasteiger partial charge >= 0.3 is 6.09 Å². The molecule has 0 unspecified atom stereocenters. The van der Waals surface area contributed by atoms with Crippen LogP contribution in [0.15, 0.2) is 42.5 Å². The second-order valence-corrected chi connectivity index (χ2v) is 10.0. The number of carbonyl (C=O) groups is 1. The van der Waals surface area contributed by atoms with Crippen molar-refractivity contribution in [1.29, 1.82) is 0 Å². The lowest BCUT2D eigenvalue weighted by atomic mass is 9.84. The van der Waals surface area contributed by atoms with Crippen LogP contribution in [0.4, 0.5) is 10.5 Å². The van der Waals surface area contributed by atoms with E-state index in [0.717, 1.165) is 47.8 Å². The summed E-state index contributed by atoms with van der Waals surface area (Å²) in [6.45, 7) is 5.44. The molecule has 2 N–H and O–H groups in total. The maximum absolute atomic E-state index is 12.0.